The van der Waals surface area contributed by atoms with Crippen LogP contribution in [-0.2, 0) is 6.42 Å². The van der Waals surface area contributed by atoms with Gasteiger partial charge in [0.05, 0.1) is 22.3 Å². The maximum atomic E-state index is 5.67. The number of ether oxygens (including phenoxy) is 1. The molecule has 1 aliphatic rings. The minimum absolute atomic E-state index is 0.739. The standard InChI is InChI=1S/C14H15Br2NO2/c1-18-11-6-10(15)14-12(13(11)16)8(7-19-14)4-5-17-9-2-3-9/h6-7,9,17H,2-5H2,1H3. The molecule has 1 heterocycles. The molecule has 1 aromatic heterocycles. The van der Waals surface area contributed by atoms with Gasteiger partial charge in [0.2, 0.25) is 0 Å². The highest BCUT2D eigenvalue weighted by Gasteiger charge is 2.21. The predicted octanol–water partition coefficient (Wildman–Crippen LogP) is 4.26. The van der Waals surface area contributed by atoms with Gasteiger partial charge in [-0.25, -0.2) is 0 Å². The number of rotatable bonds is 5. The van der Waals surface area contributed by atoms with Crippen LogP contribution in [0, 0.1) is 0 Å². The van der Waals surface area contributed by atoms with Crippen LogP contribution >= 0.6 is 31.9 Å². The fourth-order valence-corrected chi connectivity index (χ4v) is 3.42. The summed E-state index contributed by atoms with van der Waals surface area (Å²) in [6.07, 6.45) is 5.43. The van der Waals surface area contributed by atoms with Crippen LogP contribution in [0.25, 0.3) is 11.0 Å². The van der Waals surface area contributed by atoms with Crippen molar-refractivity contribution in [2.75, 3.05) is 13.7 Å². The fraction of sp³-hybridized carbons (Fsp3) is 0.429. The Balaban J connectivity index is 1.92. The van der Waals surface area contributed by atoms with E-state index in [4.69, 9.17) is 9.15 Å². The molecule has 1 N–H and O–H groups in total. The van der Waals surface area contributed by atoms with Crippen LogP contribution in [0.5, 0.6) is 5.75 Å². The number of furan rings is 1. The van der Waals surface area contributed by atoms with Gasteiger partial charge in [-0.1, -0.05) is 0 Å². The van der Waals surface area contributed by atoms with Crippen molar-refractivity contribution in [3.63, 3.8) is 0 Å². The minimum atomic E-state index is 0.739. The lowest BCUT2D eigenvalue weighted by Gasteiger charge is -2.07. The zero-order valence-electron chi connectivity index (χ0n) is 10.6. The molecule has 3 nitrogen and oxygen atoms in total. The normalized spacial score (nSPS) is 15.1. The first-order chi connectivity index (χ1) is 9.20. The van der Waals surface area contributed by atoms with Gasteiger partial charge in [0.25, 0.3) is 0 Å². The van der Waals surface area contributed by atoms with Crippen molar-refractivity contribution in [3.05, 3.63) is 26.8 Å². The number of halogens is 2. The molecular weight excluding hydrogens is 374 g/mol. The lowest BCUT2D eigenvalue weighted by Crippen LogP contribution is -2.19. The zero-order valence-corrected chi connectivity index (χ0v) is 13.8. The van der Waals surface area contributed by atoms with E-state index in [2.05, 4.69) is 37.2 Å². The first-order valence-corrected chi connectivity index (χ1v) is 7.94. The summed E-state index contributed by atoms with van der Waals surface area (Å²) in [5, 5.41) is 4.62. The summed E-state index contributed by atoms with van der Waals surface area (Å²) in [7, 11) is 1.67. The van der Waals surface area contributed by atoms with Crippen molar-refractivity contribution in [3.8, 4) is 5.75 Å². The Morgan fingerprint density at radius 2 is 2.21 bits per heavy atom. The van der Waals surface area contributed by atoms with Crippen molar-refractivity contribution in [2.24, 2.45) is 0 Å². The van der Waals surface area contributed by atoms with Crippen molar-refractivity contribution in [1.82, 2.24) is 5.32 Å². The Labute approximate surface area is 128 Å². The summed E-state index contributed by atoms with van der Waals surface area (Å²) in [6.45, 7) is 0.987. The molecule has 0 bridgehead atoms. The Bertz CT molecular complexity index is 605. The van der Waals surface area contributed by atoms with Crippen LogP contribution in [0.4, 0.5) is 0 Å². The van der Waals surface area contributed by atoms with Crippen LogP contribution in [0.3, 0.4) is 0 Å². The predicted molar refractivity (Wildman–Crippen MR) is 82.9 cm³/mol. The highest BCUT2D eigenvalue weighted by atomic mass is 79.9. The molecule has 5 heteroatoms. The molecular formula is C14H15Br2NO2. The van der Waals surface area contributed by atoms with Crippen LogP contribution in [0.2, 0.25) is 0 Å². The molecule has 1 saturated carbocycles. The van der Waals surface area contributed by atoms with Gasteiger partial charge in [0, 0.05) is 17.0 Å². The lowest BCUT2D eigenvalue weighted by atomic mass is 10.1. The van der Waals surface area contributed by atoms with E-state index in [1.807, 2.05) is 12.3 Å². The molecule has 0 unspecified atom stereocenters. The van der Waals surface area contributed by atoms with Gasteiger partial charge < -0.3 is 14.5 Å². The van der Waals surface area contributed by atoms with Gasteiger partial charge in [-0.05, 0) is 63.7 Å². The van der Waals surface area contributed by atoms with Crippen LogP contribution in [0.1, 0.15) is 18.4 Å². The number of fused-ring (bicyclic) bond motifs is 1. The summed E-state index contributed by atoms with van der Waals surface area (Å²) in [5.41, 5.74) is 2.07. The third-order valence-electron chi connectivity index (χ3n) is 3.40. The Kier molecular flexibility index (Phi) is 3.87. The van der Waals surface area contributed by atoms with Gasteiger partial charge in [-0.2, -0.15) is 0 Å². The molecule has 19 heavy (non-hydrogen) atoms. The third kappa shape index (κ3) is 2.69. The Morgan fingerprint density at radius 3 is 2.89 bits per heavy atom. The second-order valence-corrected chi connectivity index (χ2v) is 6.47. The molecule has 0 amide bonds. The number of hydrogen-bond donors (Lipinski definition) is 1. The maximum absolute atomic E-state index is 5.67. The van der Waals surface area contributed by atoms with E-state index in [0.717, 1.165) is 44.7 Å². The van der Waals surface area contributed by atoms with E-state index in [1.54, 1.807) is 7.11 Å². The van der Waals surface area contributed by atoms with Crippen LogP contribution in [-0.4, -0.2) is 19.7 Å². The fourth-order valence-electron chi connectivity index (χ4n) is 2.21. The Hall–Kier alpha value is -0.520. The average Bonchev–Trinajstić information content (AvgIpc) is 3.12. The van der Waals surface area contributed by atoms with E-state index in [9.17, 15) is 0 Å². The molecule has 102 valence electrons. The average molecular weight is 389 g/mol. The van der Waals surface area contributed by atoms with Gasteiger partial charge in [-0.3, -0.25) is 0 Å². The third-order valence-corrected chi connectivity index (χ3v) is 4.78. The van der Waals surface area contributed by atoms with E-state index >= 15 is 0 Å². The van der Waals surface area contributed by atoms with Gasteiger partial charge in [0.1, 0.15) is 11.3 Å². The quantitative estimate of drug-likeness (QED) is 0.830. The lowest BCUT2D eigenvalue weighted by molar-refractivity contribution is 0.412. The highest BCUT2D eigenvalue weighted by Crippen LogP contribution is 2.40. The SMILES string of the molecule is COc1cc(Br)c2occ(CCNC3CC3)c2c1Br. The van der Waals surface area contributed by atoms with Crippen molar-refractivity contribution >= 4 is 42.8 Å². The first kappa shape index (κ1) is 13.5. The van der Waals surface area contributed by atoms with E-state index < -0.39 is 0 Å². The molecule has 1 fully saturated rings. The number of nitrogens with one attached hydrogen (secondary N) is 1. The molecule has 2 aromatic rings. The number of benzene rings is 1. The minimum Gasteiger partial charge on any atom is -0.496 e. The largest absolute Gasteiger partial charge is 0.496 e. The monoisotopic (exact) mass is 387 g/mol. The van der Waals surface area contributed by atoms with E-state index in [-0.39, 0.29) is 0 Å². The maximum Gasteiger partial charge on any atom is 0.149 e. The first-order valence-electron chi connectivity index (χ1n) is 6.36. The number of hydrogen-bond acceptors (Lipinski definition) is 3. The number of methoxy groups -OCH3 is 1. The van der Waals surface area contributed by atoms with Crippen molar-refractivity contribution < 1.29 is 9.15 Å². The van der Waals surface area contributed by atoms with E-state index in [1.165, 1.54) is 18.4 Å². The summed E-state index contributed by atoms with van der Waals surface area (Å²) >= 11 is 7.14. The summed E-state index contributed by atoms with van der Waals surface area (Å²) in [6, 6.07) is 2.66. The van der Waals surface area contributed by atoms with Crippen LogP contribution < -0.4 is 10.1 Å². The molecule has 3 rings (SSSR count). The molecule has 0 saturated heterocycles. The summed E-state index contributed by atoms with van der Waals surface area (Å²) in [4.78, 5) is 0. The van der Waals surface area contributed by atoms with Gasteiger partial charge in [0.15, 0.2) is 0 Å². The summed E-state index contributed by atoms with van der Waals surface area (Å²) < 4.78 is 12.9. The van der Waals surface area contributed by atoms with Gasteiger partial charge >= 0.3 is 0 Å². The zero-order chi connectivity index (χ0) is 13.4. The second kappa shape index (κ2) is 5.46. The molecule has 0 spiro atoms. The van der Waals surface area contributed by atoms with Crippen LogP contribution in [0.15, 0.2) is 25.7 Å². The molecule has 1 aliphatic carbocycles. The molecule has 0 atom stereocenters. The van der Waals surface area contributed by atoms with Crippen molar-refractivity contribution in [1.29, 1.82) is 0 Å². The molecule has 1 aromatic carbocycles. The second-order valence-electron chi connectivity index (χ2n) is 4.82. The van der Waals surface area contributed by atoms with E-state index in [0.29, 0.717) is 0 Å². The molecule has 0 radical (unpaired) electrons. The smallest absolute Gasteiger partial charge is 0.149 e. The Morgan fingerprint density at radius 1 is 1.42 bits per heavy atom. The van der Waals surface area contributed by atoms with Crippen molar-refractivity contribution in [2.45, 2.75) is 25.3 Å². The molecule has 0 aliphatic heterocycles. The topological polar surface area (TPSA) is 34.4 Å². The van der Waals surface area contributed by atoms with Gasteiger partial charge in [-0.15, -0.1) is 0 Å². The summed E-state index contributed by atoms with van der Waals surface area (Å²) in [5.74, 6) is 0.817. The highest BCUT2D eigenvalue weighted by molar-refractivity contribution is 9.11.